The molecular formula is C6H15N5O2. The van der Waals surface area contributed by atoms with Crippen molar-refractivity contribution in [3.63, 3.8) is 0 Å². The van der Waals surface area contributed by atoms with Crippen LogP contribution in [0.2, 0.25) is 0 Å². The Bertz CT molecular complexity index is 191. The summed E-state index contributed by atoms with van der Waals surface area (Å²) in [4.78, 5) is 9.83. The minimum absolute atomic E-state index is 0.135. The van der Waals surface area contributed by atoms with Crippen molar-refractivity contribution in [2.24, 2.45) is 16.6 Å². The van der Waals surface area contributed by atoms with E-state index in [0.717, 1.165) is 12.8 Å². The molecule has 76 valence electrons. The molecule has 0 amide bonds. The maximum atomic E-state index is 9.83. The van der Waals surface area contributed by atoms with Gasteiger partial charge in [-0.15, -0.1) is 0 Å². The quantitative estimate of drug-likeness (QED) is 0.172. The summed E-state index contributed by atoms with van der Waals surface area (Å²) in [6, 6.07) is 0.135. The molecule has 0 aromatic carbocycles. The second-order valence-corrected chi connectivity index (χ2v) is 2.77. The molecule has 0 aromatic heterocycles. The fraction of sp³-hybridized carbons (Fsp3) is 0.833. The molecule has 0 radical (unpaired) electrons. The van der Waals surface area contributed by atoms with Crippen molar-refractivity contribution in [3.8, 4) is 0 Å². The first-order chi connectivity index (χ1) is 6.02. The van der Waals surface area contributed by atoms with E-state index >= 15 is 0 Å². The molecular weight excluding hydrogens is 174 g/mol. The monoisotopic (exact) mass is 189 g/mol. The van der Waals surface area contributed by atoms with Crippen LogP contribution in [0.15, 0.2) is 5.10 Å². The standard InChI is InChI=1S/C6H15N5O2/c1-5(7)3-2-4-9-6(8)10-11(12)13/h5H,2-4,7H2,1H3,(H3,8,9,10). The summed E-state index contributed by atoms with van der Waals surface area (Å²) in [6.07, 6.45) is 1.66. The summed E-state index contributed by atoms with van der Waals surface area (Å²) < 4.78 is 0. The number of hydrogen-bond donors (Lipinski definition) is 3. The van der Waals surface area contributed by atoms with Crippen molar-refractivity contribution in [2.75, 3.05) is 6.54 Å². The highest BCUT2D eigenvalue weighted by Crippen LogP contribution is 1.90. The zero-order valence-electron chi connectivity index (χ0n) is 7.56. The number of nitrogens with two attached hydrogens (primary N) is 2. The first-order valence-electron chi connectivity index (χ1n) is 4.00. The Hall–Kier alpha value is -1.37. The number of nitrogens with zero attached hydrogens (tertiary/aromatic N) is 2. The molecule has 0 bridgehead atoms. The Kier molecular flexibility index (Phi) is 5.53. The molecule has 0 spiro atoms. The maximum absolute atomic E-state index is 9.83. The molecule has 0 aliphatic rings. The van der Waals surface area contributed by atoms with Crippen LogP contribution >= 0.6 is 0 Å². The van der Waals surface area contributed by atoms with Crippen LogP contribution in [-0.2, 0) is 0 Å². The van der Waals surface area contributed by atoms with E-state index in [-0.39, 0.29) is 12.0 Å². The average molecular weight is 189 g/mol. The number of nitro groups is 1. The second kappa shape index (κ2) is 6.18. The first kappa shape index (κ1) is 11.6. The lowest BCUT2D eigenvalue weighted by Crippen LogP contribution is -2.33. The Labute approximate surface area is 76.3 Å². The van der Waals surface area contributed by atoms with E-state index in [1.54, 1.807) is 0 Å². The largest absolute Gasteiger partial charge is 0.365 e. The number of hydrazone groups is 1. The van der Waals surface area contributed by atoms with Gasteiger partial charge in [0.25, 0.3) is 5.96 Å². The summed E-state index contributed by atoms with van der Waals surface area (Å²) in [7, 11) is 0. The third-order valence-corrected chi connectivity index (χ3v) is 1.33. The van der Waals surface area contributed by atoms with Gasteiger partial charge in [-0.2, -0.15) is 0 Å². The molecule has 1 unspecified atom stereocenters. The van der Waals surface area contributed by atoms with Crippen molar-refractivity contribution in [3.05, 3.63) is 10.1 Å². The Morgan fingerprint density at radius 1 is 1.77 bits per heavy atom. The molecule has 7 nitrogen and oxygen atoms in total. The lowest BCUT2D eigenvalue weighted by Gasteiger charge is -2.04. The van der Waals surface area contributed by atoms with Crippen LogP contribution in [0.3, 0.4) is 0 Å². The van der Waals surface area contributed by atoms with E-state index in [0.29, 0.717) is 6.54 Å². The van der Waals surface area contributed by atoms with Crippen molar-refractivity contribution in [1.82, 2.24) is 5.32 Å². The molecule has 13 heavy (non-hydrogen) atoms. The highest BCUT2D eigenvalue weighted by atomic mass is 16.7. The van der Waals surface area contributed by atoms with Crippen molar-refractivity contribution < 1.29 is 5.03 Å². The molecule has 0 aliphatic heterocycles. The zero-order chi connectivity index (χ0) is 10.3. The molecule has 0 fully saturated rings. The van der Waals surface area contributed by atoms with Crippen LogP contribution in [0.25, 0.3) is 0 Å². The number of hydrogen-bond acceptors (Lipinski definition) is 3. The summed E-state index contributed by atoms with van der Waals surface area (Å²) >= 11 is 0. The Morgan fingerprint density at radius 2 is 2.38 bits per heavy atom. The van der Waals surface area contributed by atoms with Gasteiger partial charge in [0.05, 0.1) is 0 Å². The van der Waals surface area contributed by atoms with Crippen LogP contribution in [0.1, 0.15) is 19.8 Å². The lowest BCUT2D eigenvalue weighted by molar-refractivity contribution is -0.485. The van der Waals surface area contributed by atoms with Crippen molar-refractivity contribution >= 4 is 5.96 Å². The highest BCUT2D eigenvalue weighted by Gasteiger charge is 1.98. The van der Waals surface area contributed by atoms with Crippen molar-refractivity contribution in [1.29, 1.82) is 0 Å². The molecule has 0 saturated carbocycles. The average Bonchev–Trinajstić information content (AvgIpc) is 1.96. The summed E-state index contributed by atoms with van der Waals surface area (Å²) in [6.45, 7) is 2.44. The van der Waals surface area contributed by atoms with Gasteiger partial charge in [-0.25, -0.2) is 10.1 Å². The minimum Gasteiger partial charge on any atom is -0.365 e. The van der Waals surface area contributed by atoms with E-state index in [9.17, 15) is 10.1 Å². The van der Waals surface area contributed by atoms with Gasteiger partial charge in [0, 0.05) is 12.6 Å². The summed E-state index contributed by atoms with van der Waals surface area (Å²) in [5.74, 6) is -0.172. The Balaban J connectivity index is 3.48. The van der Waals surface area contributed by atoms with Crippen LogP contribution < -0.4 is 16.8 Å². The SMILES string of the molecule is CC(N)CCCN/C(N)=N\[N+](=O)[O-]. The fourth-order valence-corrected chi connectivity index (χ4v) is 0.764. The number of guanidine groups is 1. The van der Waals surface area contributed by atoms with Gasteiger partial charge in [0.1, 0.15) is 5.10 Å². The molecule has 1 atom stereocenters. The number of nitrogens with one attached hydrogen (secondary N) is 1. The second-order valence-electron chi connectivity index (χ2n) is 2.77. The summed E-state index contributed by atoms with van der Waals surface area (Å²) in [5, 5.41) is 14.5. The van der Waals surface area contributed by atoms with Gasteiger partial charge in [-0.05, 0) is 19.8 Å². The molecule has 0 saturated heterocycles. The van der Waals surface area contributed by atoms with Gasteiger partial charge < -0.3 is 16.8 Å². The Morgan fingerprint density at radius 3 is 2.85 bits per heavy atom. The molecule has 5 N–H and O–H groups in total. The predicted molar refractivity (Wildman–Crippen MR) is 49.5 cm³/mol. The van der Waals surface area contributed by atoms with Gasteiger partial charge in [0.2, 0.25) is 0 Å². The smallest absolute Gasteiger partial charge is 0.266 e. The normalized spacial score (nSPS) is 13.8. The zero-order valence-corrected chi connectivity index (χ0v) is 7.56. The van der Waals surface area contributed by atoms with Crippen LogP contribution in [0.5, 0.6) is 0 Å². The molecule has 0 rings (SSSR count). The van der Waals surface area contributed by atoms with E-state index < -0.39 is 5.03 Å². The first-order valence-corrected chi connectivity index (χ1v) is 4.00. The maximum Gasteiger partial charge on any atom is 0.266 e. The molecule has 0 heterocycles. The minimum atomic E-state index is -0.839. The summed E-state index contributed by atoms with van der Waals surface area (Å²) in [5.41, 5.74) is 10.6. The van der Waals surface area contributed by atoms with Crippen molar-refractivity contribution in [2.45, 2.75) is 25.8 Å². The van der Waals surface area contributed by atoms with Crippen LogP contribution in [0.4, 0.5) is 0 Å². The lowest BCUT2D eigenvalue weighted by atomic mass is 10.2. The fourth-order valence-electron chi connectivity index (χ4n) is 0.764. The van der Waals surface area contributed by atoms with E-state index in [1.165, 1.54) is 0 Å². The van der Waals surface area contributed by atoms with E-state index in [4.69, 9.17) is 11.5 Å². The molecule has 0 aliphatic carbocycles. The van der Waals surface area contributed by atoms with Gasteiger partial charge >= 0.3 is 0 Å². The van der Waals surface area contributed by atoms with Gasteiger partial charge in [0.15, 0.2) is 5.03 Å². The van der Waals surface area contributed by atoms with Crippen LogP contribution in [-0.4, -0.2) is 23.6 Å². The van der Waals surface area contributed by atoms with E-state index in [2.05, 4.69) is 10.4 Å². The highest BCUT2D eigenvalue weighted by molar-refractivity contribution is 5.76. The predicted octanol–water partition coefficient (Wildman–Crippen LogP) is -0.790. The van der Waals surface area contributed by atoms with E-state index in [1.807, 2.05) is 6.92 Å². The topological polar surface area (TPSA) is 120 Å². The molecule has 0 aromatic rings. The number of rotatable bonds is 5. The molecule has 7 heteroatoms. The third kappa shape index (κ3) is 8.54. The van der Waals surface area contributed by atoms with Crippen LogP contribution in [0, 0.1) is 10.1 Å². The third-order valence-electron chi connectivity index (χ3n) is 1.33. The van der Waals surface area contributed by atoms with Gasteiger partial charge in [-0.1, -0.05) is 0 Å². The van der Waals surface area contributed by atoms with Gasteiger partial charge in [-0.3, -0.25) is 0 Å².